The predicted octanol–water partition coefficient (Wildman–Crippen LogP) is 3.63. The Balaban J connectivity index is 2.05. The molecule has 1 aliphatic rings. The van der Waals surface area contributed by atoms with Crippen LogP contribution in [0.25, 0.3) is 0 Å². The molecule has 4 heteroatoms. The van der Waals surface area contributed by atoms with E-state index in [0.717, 1.165) is 37.6 Å². The normalized spacial score (nSPS) is 17.8. The fourth-order valence-corrected chi connectivity index (χ4v) is 3.08. The fourth-order valence-electron chi connectivity index (χ4n) is 3.08. The van der Waals surface area contributed by atoms with Crippen LogP contribution < -0.4 is 5.32 Å². The van der Waals surface area contributed by atoms with Gasteiger partial charge in [-0.05, 0) is 44.7 Å². The molecule has 0 aliphatic heterocycles. The molecule has 1 aromatic heterocycles. The van der Waals surface area contributed by atoms with Crippen molar-refractivity contribution in [3.63, 3.8) is 0 Å². The van der Waals surface area contributed by atoms with E-state index in [2.05, 4.69) is 24.1 Å². The summed E-state index contributed by atoms with van der Waals surface area (Å²) >= 11 is 0. The highest BCUT2D eigenvalue weighted by Gasteiger charge is 2.27. The molecule has 1 unspecified atom stereocenters. The van der Waals surface area contributed by atoms with Crippen LogP contribution in [0.15, 0.2) is 12.3 Å². The van der Waals surface area contributed by atoms with Gasteiger partial charge in [-0.15, -0.1) is 0 Å². The van der Waals surface area contributed by atoms with E-state index in [1.807, 2.05) is 12.3 Å². The number of nitrogens with one attached hydrogen (secondary N) is 1. The third-order valence-electron chi connectivity index (χ3n) is 4.14. The average molecular weight is 291 g/mol. The summed E-state index contributed by atoms with van der Waals surface area (Å²) in [6.45, 7) is 6.79. The maximum atomic E-state index is 6.00. The lowest BCUT2D eigenvalue weighted by Crippen LogP contribution is -2.22. The molecule has 21 heavy (non-hydrogen) atoms. The van der Waals surface area contributed by atoms with Crippen molar-refractivity contribution in [1.29, 1.82) is 0 Å². The van der Waals surface area contributed by atoms with Crippen molar-refractivity contribution >= 4 is 0 Å². The Morgan fingerprint density at radius 1 is 1.29 bits per heavy atom. The highest BCUT2D eigenvalue weighted by Crippen LogP contribution is 2.35. The number of nitrogens with zero attached hydrogens (tertiary/aromatic N) is 2. The second kappa shape index (κ2) is 9.11. The molecular weight excluding hydrogens is 262 g/mol. The number of ether oxygens (including phenoxy) is 1. The molecule has 0 radical (unpaired) electrons. The summed E-state index contributed by atoms with van der Waals surface area (Å²) in [7, 11) is 0. The van der Waals surface area contributed by atoms with Gasteiger partial charge in [-0.2, -0.15) is 0 Å². The van der Waals surface area contributed by atoms with E-state index >= 15 is 0 Å². The van der Waals surface area contributed by atoms with E-state index in [1.165, 1.54) is 32.1 Å². The van der Waals surface area contributed by atoms with Crippen LogP contribution in [0.1, 0.15) is 70.0 Å². The predicted molar refractivity (Wildman–Crippen MR) is 85.0 cm³/mol. The molecule has 0 bridgehead atoms. The summed E-state index contributed by atoms with van der Waals surface area (Å²) in [6, 6.07) is 2.00. The smallest absolute Gasteiger partial charge is 0.157 e. The van der Waals surface area contributed by atoms with E-state index in [4.69, 9.17) is 9.72 Å². The Labute approximate surface area is 128 Å². The first kappa shape index (κ1) is 16.4. The zero-order valence-electron chi connectivity index (χ0n) is 13.5. The van der Waals surface area contributed by atoms with E-state index in [9.17, 15) is 0 Å². The fraction of sp³-hybridized carbons (Fsp3) is 0.765. The Hall–Kier alpha value is -1.00. The molecule has 2 rings (SSSR count). The van der Waals surface area contributed by atoms with Gasteiger partial charge >= 0.3 is 0 Å². The third kappa shape index (κ3) is 5.04. The molecule has 1 fully saturated rings. The van der Waals surface area contributed by atoms with Gasteiger partial charge in [0, 0.05) is 19.3 Å². The standard InChI is InChI=1S/C17H29N3O/c1-3-11-18-13-15-10-12-19-17(20-15)16(21-4-2)14-8-6-5-7-9-14/h10,12,14,16,18H,3-9,11,13H2,1-2H3. The van der Waals surface area contributed by atoms with E-state index in [1.54, 1.807) is 0 Å². The van der Waals surface area contributed by atoms with Gasteiger partial charge in [-0.25, -0.2) is 9.97 Å². The summed E-state index contributed by atoms with van der Waals surface area (Å²) < 4.78 is 6.00. The molecule has 1 saturated carbocycles. The van der Waals surface area contributed by atoms with Gasteiger partial charge < -0.3 is 10.1 Å². The van der Waals surface area contributed by atoms with Crippen molar-refractivity contribution in [3.05, 3.63) is 23.8 Å². The highest BCUT2D eigenvalue weighted by atomic mass is 16.5. The van der Waals surface area contributed by atoms with Crippen molar-refractivity contribution in [2.24, 2.45) is 5.92 Å². The van der Waals surface area contributed by atoms with Crippen molar-refractivity contribution in [2.75, 3.05) is 13.2 Å². The van der Waals surface area contributed by atoms with E-state index < -0.39 is 0 Å². The van der Waals surface area contributed by atoms with Crippen LogP contribution in [0.2, 0.25) is 0 Å². The molecular formula is C17H29N3O. The van der Waals surface area contributed by atoms with Crippen LogP contribution in [-0.2, 0) is 11.3 Å². The Morgan fingerprint density at radius 3 is 2.81 bits per heavy atom. The van der Waals surface area contributed by atoms with Crippen molar-refractivity contribution < 1.29 is 4.74 Å². The molecule has 0 amide bonds. The quantitative estimate of drug-likeness (QED) is 0.743. The molecule has 0 spiro atoms. The molecule has 118 valence electrons. The van der Waals surface area contributed by atoms with Gasteiger partial charge in [0.2, 0.25) is 0 Å². The maximum Gasteiger partial charge on any atom is 0.157 e. The maximum absolute atomic E-state index is 6.00. The van der Waals surface area contributed by atoms with E-state index in [0.29, 0.717) is 5.92 Å². The number of rotatable bonds is 8. The minimum Gasteiger partial charge on any atom is -0.370 e. The van der Waals surface area contributed by atoms with Crippen LogP contribution in [-0.4, -0.2) is 23.1 Å². The highest BCUT2D eigenvalue weighted by molar-refractivity contribution is 5.05. The molecule has 0 saturated heterocycles. The van der Waals surface area contributed by atoms with Crippen LogP contribution in [0.3, 0.4) is 0 Å². The molecule has 1 heterocycles. The zero-order chi connectivity index (χ0) is 14.9. The van der Waals surface area contributed by atoms with Gasteiger partial charge in [-0.3, -0.25) is 0 Å². The zero-order valence-corrected chi connectivity index (χ0v) is 13.5. The van der Waals surface area contributed by atoms with Gasteiger partial charge in [0.1, 0.15) is 6.10 Å². The van der Waals surface area contributed by atoms with Crippen molar-refractivity contribution in [1.82, 2.24) is 15.3 Å². The SMILES string of the molecule is CCCNCc1ccnc(C(OCC)C2CCCCC2)n1. The van der Waals surface area contributed by atoms with Crippen LogP contribution >= 0.6 is 0 Å². The molecule has 1 atom stereocenters. The number of aromatic nitrogens is 2. The lowest BCUT2D eigenvalue weighted by molar-refractivity contribution is -0.000339. The summed E-state index contributed by atoms with van der Waals surface area (Å²) in [6.07, 6.45) is 9.55. The first-order valence-electron chi connectivity index (χ1n) is 8.49. The summed E-state index contributed by atoms with van der Waals surface area (Å²) in [5.41, 5.74) is 1.06. The lowest BCUT2D eigenvalue weighted by Gasteiger charge is -2.29. The minimum absolute atomic E-state index is 0.0708. The van der Waals surface area contributed by atoms with Gasteiger partial charge in [0.15, 0.2) is 5.82 Å². The summed E-state index contributed by atoms with van der Waals surface area (Å²) in [4.78, 5) is 9.24. The summed E-state index contributed by atoms with van der Waals surface area (Å²) in [5.74, 6) is 1.46. The van der Waals surface area contributed by atoms with Gasteiger partial charge in [0.05, 0.1) is 5.69 Å². The first-order valence-corrected chi connectivity index (χ1v) is 8.49. The van der Waals surface area contributed by atoms with E-state index in [-0.39, 0.29) is 6.10 Å². The average Bonchev–Trinajstić information content (AvgIpc) is 2.54. The lowest BCUT2D eigenvalue weighted by atomic mass is 9.85. The topological polar surface area (TPSA) is 47.0 Å². The molecule has 4 nitrogen and oxygen atoms in total. The number of hydrogen-bond donors (Lipinski definition) is 1. The van der Waals surface area contributed by atoms with Crippen LogP contribution in [0.5, 0.6) is 0 Å². The Morgan fingerprint density at radius 2 is 2.10 bits per heavy atom. The molecule has 1 aliphatic carbocycles. The van der Waals surface area contributed by atoms with Crippen molar-refractivity contribution in [2.45, 2.75) is 65.0 Å². The van der Waals surface area contributed by atoms with Crippen LogP contribution in [0.4, 0.5) is 0 Å². The van der Waals surface area contributed by atoms with Crippen molar-refractivity contribution in [3.8, 4) is 0 Å². The molecule has 1 aromatic rings. The largest absolute Gasteiger partial charge is 0.370 e. The first-order chi connectivity index (χ1) is 10.3. The molecule has 1 N–H and O–H groups in total. The van der Waals surface area contributed by atoms with Gasteiger partial charge in [0.25, 0.3) is 0 Å². The minimum atomic E-state index is 0.0708. The Bertz CT molecular complexity index is 405. The third-order valence-corrected chi connectivity index (χ3v) is 4.14. The number of hydrogen-bond acceptors (Lipinski definition) is 4. The molecule has 0 aromatic carbocycles. The summed E-state index contributed by atoms with van der Waals surface area (Å²) in [5, 5.41) is 3.40. The van der Waals surface area contributed by atoms with Crippen LogP contribution in [0, 0.1) is 5.92 Å². The second-order valence-corrected chi connectivity index (χ2v) is 5.86. The Kier molecular flexibility index (Phi) is 7.10. The van der Waals surface area contributed by atoms with Gasteiger partial charge in [-0.1, -0.05) is 26.2 Å². The second-order valence-electron chi connectivity index (χ2n) is 5.86. The monoisotopic (exact) mass is 291 g/mol.